The summed E-state index contributed by atoms with van der Waals surface area (Å²) in [4.78, 5) is 0. The topological polar surface area (TPSA) is 29.5 Å². The SMILES string of the molecule is CCCCCCCCCCCCCCCCOC(CO)CCCCCCCCCCCCCCC. The van der Waals surface area contributed by atoms with Crippen LogP contribution in [0.2, 0.25) is 0 Å². The van der Waals surface area contributed by atoms with Gasteiger partial charge < -0.3 is 9.84 Å². The Morgan fingerprint density at radius 3 is 1.00 bits per heavy atom. The van der Waals surface area contributed by atoms with Crippen molar-refractivity contribution in [3.05, 3.63) is 0 Å². The van der Waals surface area contributed by atoms with Gasteiger partial charge in [0.25, 0.3) is 0 Å². The first-order valence-corrected chi connectivity index (χ1v) is 16.6. The summed E-state index contributed by atoms with van der Waals surface area (Å²) in [5, 5.41) is 9.61. The van der Waals surface area contributed by atoms with Gasteiger partial charge in [-0.05, 0) is 12.8 Å². The lowest BCUT2D eigenvalue weighted by atomic mass is 10.0. The largest absolute Gasteiger partial charge is 0.394 e. The van der Waals surface area contributed by atoms with E-state index in [1.54, 1.807) is 0 Å². The van der Waals surface area contributed by atoms with Gasteiger partial charge in [0.15, 0.2) is 0 Å². The van der Waals surface area contributed by atoms with Crippen molar-refractivity contribution < 1.29 is 9.84 Å². The van der Waals surface area contributed by atoms with E-state index in [1.807, 2.05) is 0 Å². The molecule has 0 aromatic carbocycles. The number of ether oxygens (including phenoxy) is 1. The number of aliphatic hydroxyl groups excluding tert-OH is 1. The van der Waals surface area contributed by atoms with E-state index in [0.717, 1.165) is 19.4 Å². The Labute approximate surface area is 222 Å². The number of rotatable bonds is 31. The van der Waals surface area contributed by atoms with Gasteiger partial charge in [0.05, 0.1) is 12.7 Å². The lowest BCUT2D eigenvalue weighted by Gasteiger charge is -2.15. The first-order chi connectivity index (χ1) is 17.3. The fourth-order valence-corrected chi connectivity index (χ4v) is 5.16. The second-order valence-electron chi connectivity index (χ2n) is 11.3. The summed E-state index contributed by atoms with van der Waals surface area (Å²) in [7, 11) is 0. The normalized spacial score (nSPS) is 12.4. The number of unbranched alkanes of at least 4 members (excludes halogenated alkanes) is 25. The molecule has 0 aliphatic rings. The molecule has 1 N–H and O–H groups in total. The maximum Gasteiger partial charge on any atom is 0.0805 e. The molecule has 0 spiro atoms. The van der Waals surface area contributed by atoms with Gasteiger partial charge in [-0.15, -0.1) is 0 Å². The van der Waals surface area contributed by atoms with E-state index in [1.165, 1.54) is 167 Å². The van der Waals surface area contributed by atoms with Gasteiger partial charge >= 0.3 is 0 Å². The standard InChI is InChI=1S/C33H68O2/c1-3-5-7-9-11-13-15-17-19-21-23-25-27-29-31-35-33(32-34)30-28-26-24-22-20-18-16-14-12-10-8-6-4-2/h33-34H,3-32H2,1-2H3. The van der Waals surface area contributed by atoms with Crippen LogP contribution >= 0.6 is 0 Å². The van der Waals surface area contributed by atoms with Gasteiger partial charge in [0.1, 0.15) is 0 Å². The summed E-state index contributed by atoms with van der Waals surface area (Å²) < 4.78 is 5.96. The summed E-state index contributed by atoms with van der Waals surface area (Å²) in [6, 6.07) is 0. The zero-order chi connectivity index (χ0) is 25.5. The third-order valence-corrected chi connectivity index (χ3v) is 7.68. The Morgan fingerprint density at radius 1 is 0.400 bits per heavy atom. The van der Waals surface area contributed by atoms with Crippen LogP contribution in [0.25, 0.3) is 0 Å². The molecule has 0 rings (SSSR count). The van der Waals surface area contributed by atoms with Crippen LogP contribution in [-0.4, -0.2) is 24.4 Å². The van der Waals surface area contributed by atoms with Gasteiger partial charge in [0, 0.05) is 6.61 Å². The molecule has 0 aromatic rings. The van der Waals surface area contributed by atoms with Crippen molar-refractivity contribution in [2.75, 3.05) is 13.2 Å². The minimum Gasteiger partial charge on any atom is -0.394 e. The van der Waals surface area contributed by atoms with Crippen LogP contribution in [0.15, 0.2) is 0 Å². The number of hydrogen-bond donors (Lipinski definition) is 1. The van der Waals surface area contributed by atoms with Crippen molar-refractivity contribution in [3.8, 4) is 0 Å². The molecule has 0 fully saturated rings. The molecule has 0 radical (unpaired) electrons. The fraction of sp³-hybridized carbons (Fsp3) is 1.00. The molecule has 0 saturated carbocycles. The second-order valence-corrected chi connectivity index (χ2v) is 11.3. The third kappa shape index (κ3) is 30.0. The maximum atomic E-state index is 9.61. The highest BCUT2D eigenvalue weighted by molar-refractivity contribution is 4.58. The van der Waals surface area contributed by atoms with Crippen LogP contribution in [-0.2, 0) is 4.74 Å². The zero-order valence-electron chi connectivity index (χ0n) is 24.6. The lowest BCUT2D eigenvalue weighted by molar-refractivity contribution is 0.00497. The maximum absolute atomic E-state index is 9.61. The summed E-state index contributed by atoms with van der Waals surface area (Å²) >= 11 is 0. The Kier molecular flexibility index (Phi) is 31.9. The first kappa shape index (κ1) is 34.9. The average molecular weight is 497 g/mol. The average Bonchev–Trinajstić information content (AvgIpc) is 2.87. The van der Waals surface area contributed by atoms with E-state index >= 15 is 0 Å². The van der Waals surface area contributed by atoms with Gasteiger partial charge in [-0.25, -0.2) is 0 Å². The van der Waals surface area contributed by atoms with Crippen molar-refractivity contribution in [1.82, 2.24) is 0 Å². The van der Waals surface area contributed by atoms with Crippen LogP contribution in [0.1, 0.15) is 194 Å². The van der Waals surface area contributed by atoms with Crippen LogP contribution in [0.3, 0.4) is 0 Å². The van der Waals surface area contributed by atoms with Crippen molar-refractivity contribution in [2.45, 2.75) is 200 Å². The minimum absolute atomic E-state index is 0.0738. The molecule has 0 aromatic heterocycles. The van der Waals surface area contributed by atoms with Gasteiger partial charge in [-0.2, -0.15) is 0 Å². The van der Waals surface area contributed by atoms with Crippen molar-refractivity contribution in [3.63, 3.8) is 0 Å². The number of hydrogen-bond acceptors (Lipinski definition) is 2. The fourth-order valence-electron chi connectivity index (χ4n) is 5.16. The van der Waals surface area contributed by atoms with Crippen LogP contribution < -0.4 is 0 Å². The molecule has 0 bridgehead atoms. The molecule has 2 heteroatoms. The van der Waals surface area contributed by atoms with Gasteiger partial charge in [-0.3, -0.25) is 0 Å². The van der Waals surface area contributed by atoms with E-state index in [-0.39, 0.29) is 12.7 Å². The highest BCUT2D eigenvalue weighted by Crippen LogP contribution is 2.15. The van der Waals surface area contributed by atoms with E-state index in [4.69, 9.17) is 4.74 Å². The Balaban J connectivity index is 3.25. The Morgan fingerprint density at radius 2 is 0.686 bits per heavy atom. The van der Waals surface area contributed by atoms with Gasteiger partial charge in [0.2, 0.25) is 0 Å². The quantitative estimate of drug-likeness (QED) is 0.0967. The van der Waals surface area contributed by atoms with Crippen molar-refractivity contribution >= 4 is 0 Å². The predicted molar refractivity (Wildman–Crippen MR) is 157 cm³/mol. The smallest absolute Gasteiger partial charge is 0.0805 e. The highest BCUT2D eigenvalue weighted by Gasteiger charge is 2.07. The molecule has 0 amide bonds. The molecule has 212 valence electrons. The van der Waals surface area contributed by atoms with Crippen LogP contribution in [0, 0.1) is 0 Å². The van der Waals surface area contributed by atoms with E-state index in [9.17, 15) is 5.11 Å². The van der Waals surface area contributed by atoms with E-state index in [2.05, 4.69) is 13.8 Å². The van der Waals surface area contributed by atoms with Crippen LogP contribution in [0.5, 0.6) is 0 Å². The highest BCUT2D eigenvalue weighted by atomic mass is 16.5. The molecule has 35 heavy (non-hydrogen) atoms. The summed E-state index contributed by atoms with van der Waals surface area (Å²) in [5.74, 6) is 0. The van der Waals surface area contributed by atoms with E-state index in [0.29, 0.717) is 0 Å². The number of aliphatic hydroxyl groups is 1. The summed E-state index contributed by atoms with van der Waals surface area (Å²) in [6.45, 7) is 5.61. The molecule has 0 aliphatic heterocycles. The van der Waals surface area contributed by atoms with Crippen molar-refractivity contribution in [1.29, 1.82) is 0 Å². The monoisotopic (exact) mass is 497 g/mol. The minimum atomic E-state index is 0.0738. The third-order valence-electron chi connectivity index (χ3n) is 7.68. The molecular formula is C33H68O2. The lowest BCUT2D eigenvalue weighted by Crippen LogP contribution is -2.18. The Hall–Kier alpha value is -0.0800. The summed E-state index contributed by atoms with van der Waals surface area (Å²) in [6.07, 6.45) is 38.7. The molecule has 0 aliphatic carbocycles. The summed E-state index contributed by atoms with van der Waals surface area (Å²) in [5.41, 5.74) is 0. The van der Waals surface area contributed by atoms with E-state index < -0.39 is 0 Å². The molecule has 0 saturated heterocycles. The van der Waals surface area contributed by atoms with Crippen LogP contribution in [0.4, 0.5) is 0 Å². The molecule has 2 nitrogen and oxygen atoms in total. The predicted octanol–water partition coefficient (Wildman–Crippen LogP) is 11.3. The molecule has 1 atom stereocenters. The molecule has 0 heterocycles. The molecular weight excluding hydrogens is 428 g/mol. The second kappa shape index (κ2) is 31.9. The zero-order valence-corrected chi connectivity index (χ0v) is 24.6. The van der Waals surface area contributed by atoms with Crippen molar-refractivity contribution in [2.24, 2.45) is 0 Å². The Bertz CT molecular complexity index is 357. The molecule has 1 unspecified atom stereocenters. The first-order valence-electron chi connectivity index (χ1n) is 16.6. The van der Waals surface area contributed by atoms with Gasteiger partial charge in [-0.1, -0.05) is 181 Å².